The number of H-pyrrole nitrogens is 1. The average molecular weight is 211 g/mol. The Morgan fingerprint density at radius 3 is 2.47 bits per heavy atom. The summed E-state index contributed by atoms with van der Waals surface area (Å²) in [5, 5.41) is 6.37. The number of aromatic nitrogens is 2. The first-order chi connectivity index (χ1) is 7.27. The van der Waals surface area contributed by atoms with Gasteiger partial charge in [-0.3, -0.25) is 5.10 Å². The molecule has 0 aromatic carbocycles. The van der Waals surface area contributed by atoms with Gasteiger partial charge >= 0.3 is 0 Å². The van der Waals surface area contributed by atoms with Gasteiger partial charge in [-0.1, -0.05) is 38.5 Å². The number of hydrogen-bond donors (Lipinski definition) is 2. The molecule has 0 atom stereocenters. The molecule has 84 valence electrons. The number of anilines is 1. The first-order valence-electron chi connectivity index (χ1n) is 5.75. The molecule has 1 aromatic rings. The highest BCUT2D eigenvalue weighted by atomic mass is 19.1. The first kappa shape index (κ1) is 10.5. The Balaban J connectivity index is 1.98. The molecule has 4 heteroatoms. The topological polar surface area (TPSA) is 54.7 Å². The van der Waals surface area contributed by atoms with Gasteiger partial charge in [-0.15, -0.1) is 0 Å². The molecule has 1 fully saturated rings. The van der Waals surface area contributed by atoms with Crippen LogP contribution in [0, 0.1) is 11.7 Å². The monoisotopic (exact) mass is 211 g/mol. The zero-order valence-electron chi connectivity index (χ0n) is 8.93. The summed E-state index contributed by atoms with van der Waals surface area (Å²) in [6.45, 7) is 0. The molecule has 0 spiro atoms. The van der Waals surface area contributed by atoms with Gasteiger partial charge in [0.1, 0.15) is 0 Å². The Morgan fingerprint density at radius 2 is 1.93 bits per heavy atom. The van der Waals surface area contributed by atoms with E-state index in [2.05, 4.69) is 10.2 Å². The summed E-state index contributed by atoms with van der Waals surface area (Å²) >= 11 is 0. The standard InChI is InChI=1S/C11H18FN3/c12-10-9(14-15-11(10)13)7-8-5-3-1-2-4-6-8/h8H,1-7H2,(H3,13,14,15). The smallest absolute Gasteiger partial charge is 0.187 e. The molecule has 3 N–H and O–H groups in total. The summed E-state index contributed by atoms with van der Waals surface area (Å²) in [6, 6.07) is 0. The maximum atomic E-state index is 13.4. The lowest BCUT2D eigenvalue weighted by Crippen LogP contribution is -2.05. The van der Waals surface area contributed by atoms with Crippen LogP contribution in [0.5, 0.6) is 0 Å². The van der Waals surface area contributed by atoms with Gasteiger partial charge in [0.05, 0.1) is 5.69 Å². The minimum absolute atomic E-state index is 0.00128. The van der Waals surface area contributed by atoms with Crippen molar-refractivity contribution in [2.75, 3.05) is 5.73 Å². The van der Waals surface area contributed by atoms with Crippen LogP contribution in [0.2, 0.25) is 0 Å². The molecule has 0 unspecified atom stereocenters. The van der Waals surface area contributed by atoms with E-state index in [1.165, 1.54) is 38.5 Å². The molecule has 0 amide bonds. The van der Waals surface area contributed by atoms with Gasteiger partial charge in [0.15, 0.2) is 11.6 Å². The van der Waals surface area contributed by atoms with Crippen LogP contribution in [0.4, 0.5) is 10.2 Å². The number of nitrogens with zero attached hydrogens (tertiary/aromatic N) is 1. The van der Waals surface area contributed by atoms with Crippen LogP contribution in [0.15, 0.2) is 0 Å². The minimum atomic E-state index is -0.348. The Morgan fingerprint density at radius 1 is 1.27 bits per heavy atom. The maximum absolute atomic E-state index is 13.4. The minimum Gasteiger partial charge on any atom is -0.380 e. The van der Waals surface area contributed by atoms with Crippen LogP contribution >= 0.6 is 0 Å². The van der Waals surface area contributed by atoms with Crippen molar-refractivity contribution >= 4 is 5.82 Å². The fraction of sp³-hybridized carbons (Fsp3) is 0.727. The number of aromatic amines is 1. The van der Waals surface area contributed by atoms with Gasteiger partial charge < -0.3 is 5.73 Å². The quantitative estimate of drug-likeness (QED) is 0.739. The van der Waals surface area contributed by atoms with E-state index in [1.54, 1.807) is 0 Å². The van der Waals surface area contributed by atoms with E-state index in [0.29, 0.717) is 11.6 Å². The summed E-state index contributed by atoms with van der Waals surface area (Å²) < 4.78 is 13.4. The molecule has 15 heavy (non-hydrogen) atoms. The van der Waals surface area contributed by atoms with Crippen molar-refractivity contribution in [3.63, 3.8) is 0 Å². The third-order valence-corrected chi connectivity index (χ3v) is 3.27. The summed E-state index contributed by atoms with van der Waals surface area (Å²) in [6.07, 6.45) is 8.37. The van der Waals surface area contributed by atoms with E-state index < -0.39 is 0 Å². The Kier molecular flexibility index (Phi) is 3.23. The third kappa shape index (κ3) is 2.49. The van der Waals surface area contributed by atoms with Gasteiger partial charge in [0.2, 0.25) is 0 Å². The highest BCUT2D eigenvalue weighted by Gasteiger charge is 2.17. The second-order valence-electron chi connectivity index (χ2n) is 4.46. The molecule has 2 rings (SSSR count). The fourth-order valence-corrected chi connectivity index (χ4v) is 2.37. The second-order valence-corrected chi connectivity index (χ2v) is 4.46. The van der Waals surface area contributed by atoms with E-state index in [-0.39, 0.29) is 11.6 Å². The SMILES string of the molecule is Nc1n[nH]c(CC2CCCCCC2)c1F. The normalized spacial score (nSPS) is 19.0. The van der Waals surface area contributed by atoms with Gasteiger partial charge in [0.25, 0.3) is 0 Å². The molecule has 0 radical (unpaired) electrons. The number of rotatable bonds is 2. The Bertz CT molecular complexity index is 314. The second kappa shape index (κ2) is 4.64. The van der Waals surface area contributed by atoms with Crippen molar-refractivity contribution in [3.8, 4) is 0 Å². The van der Waals surface area contributed by atoms with Gasteiger partial charge in [-0.25, -0.2) is 4.39 Å². The largest absolute Gasteiger partial charge is 0.380 e. The zero-order chi connectivity index (χ0) is 10.7. The number of nitrogens with two attached hydrogens (primary N) is 1. The molecule has 3 nitrogen and oxygen atoms in total. The predicted molar refractivity (Wildman–Crippen MR) is 57.9 cm³/mol. The first-order valence-corrected chi connectivity index (χ1v) is 5.75. The van der Waals surface area contributed by atoms with Crippen molar-refractivity contribution < 1.29 is 4.39 Å². The number of hydrogen-bond acceptors (Lipinski definition) is 2. The highest BCUT2D eigenvalue weighted by Crippen LogP contribution is 2.26. The third-order valence-electron chi connectivity index (χ3n) is 3.27. The van der Waals surface area contributed by atoms with Crippen LogP contribution in [0.25, 0.3) is 0 Å². The summed E-state index contributed by atoms with van der Waals surface area (Å²) in [7, 11) is 0. The fourth-order valence-electron chi connectivity index (χ4n) is 2.37. The zero-order valence-corrected chi connectivity index (χ0v) is 8.93. The molecule has 1 aromatic heterocycles. The number of nitrogen functional groups attached to an aromatic ring is 1. The van der Waals surface area contributed by atoms with Crippen LogP contribution in [-0.4, -0.2) is 10.2 Å². The number of nitrogens with one attached hydrogen (secondary N) is 1. The molecule has 1 saturated carbocycles. The highest BCUT2D eigenvalue weighted by molar-refractivity contribution is 5.31. The lowest BCUT2D eigenvalue weighted by atomic mass is 9.95. The van der Waals surface area contributed by atoms with Gasteiger partial charge in [-0.2, -0.15) is 5.10 Å². The molecule has 0 saturated heterocycles. The molecule has 0 bridgehead atoms. The molecule has 1 aliphatic rings. The van der Waals surface area contributed by atoms with Gasteiger partial charge in [0, 0.05) is 0 Å². The van der Waals surface area contributed by atoms with Crippen molar-refractivity contribution in [2.24, 2.45) is 5.92 Å². The van der Waals surface area contributed by atoms with Gasteiger partial charge in [-0.05, 0) is 12.3 Å². The van der Waals surface area contributed by atoms with Crippen molar-refractivity contribution in [2.45, 2.75) is 44.9 Å². The lowest BCUT2D eigenvalue weighted by molar-refractivity contribution is 0.443. The van der Waals surface area contributed by atoms with Crippen molar-refractivity contribution in [1.29, 1.82) is 0 Å². The molecular formula is C11H18FN3. The maximum Gasteiger partial charge on any atom is 0.187 e. The van der Waals surface area contributed by atoms with E-state index in [1.807, 2.05) is 0 Å². The van der Waals surface area contributed by atoms with Crippen molar-refractivity contribution in [1.82, 2.24) is 10.2 Å². The molecule has 0 aliphatic heterocycles. The van der Waals surface area contributed by atoms with Crippen molar-refractivity contribution in [3.05, 3.63) is 11.5 Å². The van der Waals surface area contributed by atoms with Crippen LogP contribution in [-0.2, 0) is 6.42 Å². The Labute approximate surface area is 89.2 Å². The summed E-state index contributed by atoms with van der Waals surface area (Å²) in [5.41, 5.74) is 5.94. The van der Waals surface area contributed by atoms with E-state index in [9.17, 15) is 4.39 Å². The Hall–Kier alpha value is -1.06. The molecule has 1 heterocycles. The van der Waals surface area contributed by atoms with Crippen LogP contribution < -0.4 is 5.73 Å². The summed E-state index contributed by atoms with van der Waals surface area (Å²) in [5.74, 6) is 0.250. The molecular weight excluding hydrogens is 193 g/mol. The average Bonchev–Trinajstić information content (AvgIpc) is 2.50. The van der Waals surface area contributed by atoms with Crippen LogP contribution in [0.3, 0.4) is 0 Å². The lowest BCUT2D eigenvalue weighted by Gasteiger charge is -2.11. The van der Waals surface area contributed by atoms with Crippen LogP contribution in [0.1, 0.15) is 44.2 Å². The molecule has 1 aliphatic carbocycles. The van der Waals surface area contributed by atoms with E-state index in [0.717, 1.165) is 6.42 Å². The predicted octanol–water partition coefficient (Wildman–Crippen LogP) is 2.64. The number of halogens is 1. The van der Waals surface area contributed by atoms with E-state index >= 15 is 0 Å². The van der Waals surface area contributed by atoms with E-state index in [4.69, 9.17) is 5.73 Å². The summed E-state index contributed by atoms with van der Waals surface area (Å²) in [4.78, 5) is 0.